The summed E-state index contributed by atoms with van der Waals surface area (Å²) in [5.41, 5.74) is 1.45. The third-order valence-electron chi connectivity index (χ3n) is 5.73. The molecule has 0 spiro atoms. The number of carbonyl (C=O) groups is 1. The summed E-state index contributed by atoms with van der Waals surface area (Å²) in [6.07, 6.45) is 4.77. The summed E-state index contributed by atoms with van der Waals surface area (Å²) in [4.78, 5) is 30.2. The maximum atomic E-state index is 11.8. The summed E-state index contributed by atoms with van der Waals surface area (Å²) in [7, 11) is 2.10. The Hall–Kier alpha value is -4.01. The van der Waals surface area contributed by atoms with Gasteiger partial charge in [-0.3, -0.25) is 4.79 Å². The summed E-state index contributed by atoms with van der Waals surface area (Å²) in [5.74, 6) is 1.99. The molecule has 0 atom stereocenters. The Kier molecular flexibility index (Phi) is 6.56. The lowest BCUT2D eigenvalue weighted by atomic mass is 10.2. The highest BCUT2D eigenvalue weighted by atomic mass is 32.1. The number of nitrogens with one attached hydrogen (secondary N) is 2. The number of ketones is 1. The smallest absolute Gasteiger partial charge is 0.325 e. The van der Waals surface area contributed by atoms with Crippen LogP contribution in [0.2, 0.25) is 0 Å². The lowest BCUT2D eigenvalue weighted by molar-refractivity contribution is -0.114. The first kappa shape index (κ1) is 22.8. The number of carbonyl (C=O) groups excluding carboxylic acids is 1. The van der Waals surface area contributed by atoms with Gasteiger partial charge in [-0.05, 0) is 37.7 Å². The molecule has 0 radical (unpaired) electrons. The van der Waals surface area contributed by atoms with Crippen LogP contribution in [0.4, 0.5) is 22.5 Å². The maximum absolute atomic E-state index is 11.8. The minimum Gasteiger partial charge on any atom is -0.424 e. The van der Waals surface area contributed by atoms with Gasteiger partial charge < -0.3 is 25.2 Å². The molecule has 1 aromatic carbocycles. The van der Waals surface area contributed by atoms with Gasteiger partial charge in [0.25, 0.3) is 0 Å². The van der Waals surface area contributed by atoms with Crippen LogP contribution in [-0.4, -0.2) is 58.9 Å². The topological polar surface area (TPSA) is 119 Å². The number of nitriles is 1. The number of rotatable bonds is 7. The Balaban J connectivity index is 1.36. The molecule has 3 heterocycles. The summed E-state index contributed by atoms with van der Waals surface area (Å²) in [5, 5.41) is 16.0. The molecular weight excluding hydrogens is 464 g/mol. The van der Waals surface area contributed by atoms with Gasteiger partial charge >= 0.3 is 6.01 Å². The number of allylic oxidation sites excluding steroid dienone is 2. The van der Waals surface area contributed by atoms with Gasteiger partial charge in [0.1, 0.15) is 28.3 Å². The fourth-order valence-electron chi connectivity index (χ4n) is 3.80. The van der Waals surface area contributed by atoms with E-state index in [1.54, 1.807) is 12.1 Å². The van der Waals surface area contributed by atoms with E-state index in [2.05, 4.69) is 48.5 Å². The second-order valence-electron chi connectivity index (χ2n) is 8.28. The number of likely N-dealkylation sites (N-methyl/N-ethyl adjacent to an activating group) is 1. The van der Waals surface area contributed by atoms with E-state index in [-0.39, 0.29) is 11.8 Å². The Labute approximate surface area is 206 Å². The van der Waals surface area contributed by atoms with Crippen molar-refractivity contribution in [1.29, 1.82) is 5.26 Å². The van der Waals surface area contributed by atoms with Gasteiger partial charge in [0, 0.05) is 44.4 Å². The van der Waals surface area contributed by atoms with Crippen molar-refractivity contribution in [3.8, 4) is 17.8 Å². The molecule has 1 saturated heterocycles. The van der Waals surface area contributed by atoms with Gasteiger partial charge in [-0.1, -0.05) is 17.4 Å². The van der Waals surface area contributed by atoms with Crippen molar-refractivity contribution in [3.05, 3.63) is 53.2 Å². The number of Topliss-reactive ketones (excluding diaryl/α,β-unsaturated/α-hetero) is 1. The molecule has 0 amide bonds. The lowest BCUT2D eigenvalue weighted by Gasteiger charge is -2.33. The number of hydrogen-bond acceptors (Lipinski definition) is 11. The van der Waals surface area contributed by atoms with E-state index >= 15 is 0 Å². The first-order valence-corrected chi connectivity index (χ1v) is 12.1. The Bertz CT molecular complexity index is 1290. The quantitative estimate of drug-likeness (QED) is 0.509. The van der Waals surface area contributed by atoms with Crippen molar-refractivity contribution >= 4 is 39.6 Å². The predicted molar refractivity (Wildman–Crippen MR) is 134 cm³/mol. The zero-order valence-corrected chi connectivity index (χ0v) is 20.0. The molecule has 2 N–H and O–H groups in total. The third-order valence-corrected chi connectivity index (χ3v) is 6.55. The maximum Gasteiger partial charge on any atom is 0.325 e. The van der Waals surface area contributed by atoms with Gasteiger partial charge in [-0.15, -0.1) is 0 Å². The number of benzene rings is 1. The molecule has 1 aliphatic heterocycles. The second kappa shape index (κ2) is 10.1. The molecular formula is C24H24N8O2S. The Morgan fingerprint density at radius 1 is 1.11 bits per heavy atom. The molecule has 2 aliphatic rings. The average Bonchev–Trinajstić information content (AvgIpc) is 3.49. The number of aromatic nitrogens is 3. The van der Waals surface area contributed by atoms with E-state index in [4.69, 9.17) is 10.00 Å². The highest BCUT2D eigenvalue weighted by Crippen LogP contribution is 2.28. The predicted octanol–water partition coefficient (Wildman–Crippen LogP) is 3.75. The van der Waals surface area contributed by atoms with Gasteiger partial charge in [0.2, 0.25) is 0 Å². The molecule has 0 bridgehead atoms. The standard InChI is InChI=1S/C24H24N8O2S/c1-31-9-11-32(12-10-31)22-13-21(29-24-26-15-18(14-25)35-24)28-23(30-22)34-17-7-5-16(6-8-17)27-19-3-2-4-20(19)33/h3,5-8,13,15,27H,2,4,9-12H2,1H3,(H,26,28,29,30). The molecule has 11 heteroatoms. The molecule has 178 valence electrons. The Morgan fingerprint density at radius 2 is 1.91 bits per heavy atom. The second-order valence-corrected chi connectivity index (χ2v) is 9.31. The van der Waals surface area contributed by atoms with E-state index < -0.39 is 0 Å². The molecule has 5 rings (SSSR count). The van der Waals surface area contributed by atoms with E-state index in [1.165, 1.54) is 17.5 Å². The molecule has 1 aliphatic carbocycles. The van der Waals surface area contributed by atoms with Crippen molar-refractivity contribution in [3.63, 3.8) is 0 Å². The first-order valence-electron chi connectivity index (χ1n) is 11.3. The van der Waals surface area contributed by atoms with Crippen LogP contribution in [0.3, 0.4) is 0 Å². The van der Waals surface area contributed by atoms with Crippen molar-refractivity contribution in [2.24, 2.45) is 0 Å². The number of ether oxygens (including phenoxy) is 1. The van der Waals surface area contributed by atoms with Crippen molar-refractivity contribution < 1.29 is 9.53 Å². The first-order chi connectivity index (χ1) is 17.1. The molecule has 35 heavy (non-hydrogen) atoms. The molecule has 3 aromatic rings. The highest BCUT2D eigenvalue weighted by Gasteiger charge is 2.19. The van der Waals surface area contributed by atoms with Crippen LogP contribution < -0.4 is 20.3 Å². The SMILES string of the molecule is CN1CCN(c2cc(Nc3ncc(C#N)s3)nc(Oc3ccc(NC4=CCCC4=O)cc3)n2)CC1. The zero-order chi connectivity index (χ0) is 24.2. The highest BCUT2D eigenvalue weighted by molar-refractivity contribution is 7.16. The summed E-state index contributed by atoms with van der Waals surface area (Å²) >= 11 is 1.25. The van der Waals surface area contributed by atoms with Gasteiger partial charge in [0.15, 0.2) is 10.9 Å². The molecule has 2 aromatic heterocycles. The van der Waals surface area contributed by atoms with Crippen LogP contribution in [0.1, 0.15) is 17.7 Å². The number of piperazine rings is 1. The van der Waals surface area contributed by atoms with Gasteiger partial charge in [0.05, 0.1) is 11.9 Å². The lowest BCUT2D eigenvalue weighted by Crippen LogP contribution is -2.44. The van der Waals surface area contributed by atoms with Crippen LogP contribution in [0, 0.1) is 11.3 Å². The Morgan fingerprint density at radius 3 is 2.60 bits per heavy atom. The van der Waals surface area contributed by atoms with Crippen LogP contribution in [0.15, 0.2) is 48.3 Å². The average molecular weight is 489 g/mol. The number of thiazole rings is 1. The minimum absolute atomic E-state index is 0.126. The number of hydrogen-bond donors (Lipinski definition) is 2. The van der Waals surface area contributed by atoms with Crippen LogP contribution in [-0.2, 0) is 4.79 Å². The third kappa shape index (κ3) is 5.56. The van der Waals surface area contributed by atoms with E-state index in [9.17, 15) is 4.79 Å². The van der Waals surface area contributed by atoms with Crippen molar-refractivity contribution in [2.45, 2.75) is 12.8 Å². The van der Waals surface area contributed by atoms with Crippen molar-refractivity contribution in [2.75, 3.05) is 48.8 Å². The number of anilines is 4. The van der Waals surface area contributed by atoms with Crippen LogP contribution in [0.25, 0.3) is 0 Å². The normalized spacial score (nSPS) is 16.1. The van der Waals surface area contributed by atoms with Gasteiger partial charge in [-0.2, -0.15) is 15.2 Å². The summed E-state index contributed by atoms with van der Waals surface area (Å²) < 4.78 is 6.00. The zero-order valence-electron chi connectivity index (χ0n) is 19.2. The van der Waals surface area contributed by atoms with Crippen LogP contribution in [0.5, 0.6) is 11.8 Å². The fourth-order valence-corrected chi connectivity index (χ4v) is 4.42. The van der Waals surface area contributed by atoms with E-state index in [0.717, 1.165) is 44.1 Å². The minimum atomic E-state index is 0.126. The molecule has 0 saturated carbocycles. The fraction of sp³-hybridized carbons (Fsp3) is 0.292. The monoisotopic (exact) mass is 488 g/mol. The molecule has 1 fully saturated rings. The molecule has 10 nitrogen and oxygen atoms in total. The summed E-state index contributed by atoms with van der Waals surface area (Å²) in [6.45, 7) is 3.57. The largest absolute Gasteiger partial charge is 0.424 e. The summed E-state index contributed by atoms with van der Waals surface area (Å²) in [6, 6.07) is 11.5. The van der Waals surface area contributed by atoms with Gasteiger partial charge in [-0.25, -0.2) is 4.98 Å². The van der Waals surface area contributed by atoms with E-state index in [0.29, 0.717) is 33.7 Å². The van der Waals surface area contributed by atoms with E-state index in [1.807, 2.05) is 24.3 Å². The van der Waals surface area contributed by atoms with Crippen LogP contribution >= 0.6 is 11.3 Å². The number of nitrogens with zero attached hydrogens (tertiary/aromatic N) is 6. The molecule has 0 unspecified atom stereocenters. The van der Waals surface area contributed by atoms with Crippen molar-refractivity contribution in [1.82, 2.24) is 19.9 Å².